The monoisotopic (exact) mass is 727 g/mol. The van der Waals surface area contributed by atoms with Gasteiger partial charge < -0.3 is 51.3 Å². The lowest BCUT2D eigenvalue weighted by atomic mass is 10.0. The van der Waals surface area contributed by atoms with Crippen LogP contribution in [0.15, 0.2) is 22.7 Å². The van der Waals surface area contributed by atoms with Crippen molar-refractivity contribution in [1.82, 2.24) is 25.4 Å². The molecule has 0 aliphatic carbocycles. The number of aromatic hydroxyl groups is 2. The topological polar surface area (TPSA) is 284 Å². The number of nitrogens with zero attached hydrogens (tertiary/aromatic N) is 4. The number of anilines is 1. The fourth-order valence-electron chi connectivity index (χ4n) is 4.77. The number of nitrogen functional groups attached to an aromatic ring is 1. The van der Waals surface area contributed by atoms with Crippen molar-refractivity contribution in [3.8, 4) is 11.5 Å². The second kappa shape index (κ2) is 12.5. The average molecular weight is 728 g/mol. The summed E-state index contributed by atoms with van der Waals surface area (Å²) < 4.78 is 5.30. The molecule has 5 rings (SSSR count). The van der Waals surface area contributed by atoms with Crippen LogP contribution < -0.4 is 16.4 Å². The number of amides is 4. The maximum atomic E-state index is 13.3. The number of carbonyl (C=O) groups is 6. The molecule has 4 amide bonds. The van der Waals surface area contributed by atoms with E-state index in [2.05, 4.69) is 20.8 Å². The SMILES string of the molecule is CC(C)(O/N=C(\C(=O)N[C@@H]1C(=O)N2C[C@@](C(=O)O)(N3CC(CNC(=O)c4ccc(O)c(O)c4Cl)OC3=O)S[C@H]12)c1csc(N)n1)C(=O)O. The Balaban J connectivity index is 1.28. The van der Waals surface area contributed by atoms with E-state index in [4.69, 9.17) is 26.9 Å². The second-order valence-corrected chi connectivity index (χ2v) is 13.7. The predicted molar refractivity (Wildman–Crippen MR) is 165 cm³/mol. The molecule has 4 atom stereocenters. The van der Waals surface area contributed by atoms with Gasteiger partial charge in [-0.1, -0.05) is 28.5 Å². The number of aliphatic carboxylic acids is 2. The molecule has 0 bridgehead atoms. The first kappa shape index (κ1) is 34.3. The average Bonchev–Trinajstić information content (AvgIpc) is 3.73. The van der Waals surface area contributed by atoms with Crippen LogP contribution in [0.2, 0.25) is 5.02 Å². The van der Waals surface area contributed by atoms with Gasteiger partial charge in [0.1, 0.15) is 23.2 Å². The Labute approximate surface area is 282 Å². The number of thioether (sulfide) groups is 1. The van der Waals surface area contributed by atoms with Crippen LogP contribution in [0.4, 0.5) is 9.93 Å². The maximum Gasteiger partial charge on any atom is 0.411 e. The number of β-lactam (4-membered cyclic amide) rings is 1. The molecule has 256 valence electrons. The number of hydrogen-bond acceptors (Lipinski definition) is 15. The van der Waals surface area contributed by atoms with Crippen LogP contribution in [0.25, 0.3) is 0 Å². The number of hydrogen-bond donors (Lipinski definition) is 7. The number of rotatable bonds is 11. The molecule has 4 heterocycles. The summed E-state index contributed by atoms with van der Waals surface area (Å²) >= 11 is 7.59. The maximum absolute atomic E-state index is 13.3. The lowest BCUT2D eigenvalue weighted by Gasteiger charge is -2.41. The number of cyclic esters (lactones) is 1. The third-order valence-corrected chi connectivity index (χ3v) is 10.2. The number of nitrogens with one attached hydrogen (secondary N) is 2. The van der Waals surface area contributed by atoms with Crippen LogP contribution in [0.1, 0.15) is 29.9 Å². The number of oxime groups is 1. The zero-order chi connectivity index (χ0) is 35.3. The van der Waals surface area contributed by atoms with Crippen molar-refractivity contribution in [3.05, 3.63) is 33.8 Å². The smallest absolute Gasteiger partial charge is 0.411 e. The Hall–Kier alpha value is -5.02. The first-order valence-electron chi connectivity index (χ1n) is 13.7. The summed E-state index contributed by atoms with van der Waals surface area (Å²) in [6, 6.07) is 0.936. The van der Waals surface area contributed by atoms with Gasteiger partial charge in [-0.15, -0.1) is 11.3 Å². The van der Waals surface area contributed by atoms with E-state index < -0.39 is 92.5 Å². The Morgan fingerprint density at radius 3 is 2.58 bits per heavy atom. The van der Waals surface area contributed by atoms with Gasteiger partial charge in [0.15, 0.2) is 22.3 Å². The van der Waals surface area contributed by atoms with Gasteiger partial charge >= 0.3 is 18.0 Å². The molecule has 3 saturated heterocycles. The highest BCUT2D eigenvalue weighted by Crippen LogP contribution is 2.50. The zero-order valence-electron chi connectivity index (χ0n) is 24.7. The van der Waals surface area contributed by atoms with Gasteiger partial charge in [0.25, 0.3) is 11.8 Å². The number of thiazole rings is 1. The number of fused-ring (bicyclic) bond motifs is 1. The molecule has 1 aromatic heterocycles. The van der Waals surface area contributed by atoms with Crippen LogP contribution in [0.3, 0.4) is 0 Å². The van der Waals surface area contributed by atoms with E-state index in [0.29, 0.717) is 11.8 Å². The molecule has 0 saturated carbocycles. The van der Waals surface area contributed by atoms with Gasteiger partial charge in [-0.2, -0.15) is 0 Å². The van der Waals surface area contributed by atoms with Crippen LogP contribution >= 0.6 is 34.7 Å². The van der Waals surface area contributed by atoms with Crippen LogP contribution in [0.5, 0.6) is 11.5 Å². The molecule has 3 aliphatic heterocycles. The first-order valence-corrected chi connectivity index (χ1v) is 15.8. The standard InChI is InChI=1S/C26H26ClN7O12S2/c1-25(2,21(40)41)46-32-14(11-7-47-23(28)30-11)18(38)31-15-19(39)33-8-26(22(42)43,48-20(15)33)34-6-9(45-24(34)44)5-29-17(37)10-3-4-12(35)16(36)13(10)27/h3-4,7,9,15,20,35-36H,5-6,8H2,1-2H3,(H2,28,30)(H,29,37)(H,31,38)(H,40,41)(H,42,43)/b32-14-/t9?,15-,20-,26-/m1/s1. The second-order valence-electron chi connectivity index (χ2n) is 11.1. The molecule has 1 unspecified atom stereocenters. The summed E-state index contributed by atoms with van der Waals surface area (Å²) in [6.45, 7) is 1.33. The van der Waals surface area contributed by atoms with Crippen molar-refractivity contribution in [2.24, 2.45) is 5.16 Å². The van der Waals surface area contributed by atoms with Crippen molar-refractivity contribution in [2.45, 2.75) is 41.8 Å². The molecular formula is C26H26ClN7O12S2. The highest BCUT2D eigenvalue weighted by Gasteiger charge is 2.67. The fraction of sp³-hybridized carbons (Fsp3) is 0.385. The van der Waals surface area contributed by atoms with Gasteiger partial charge in [0.05, 0.1) is 30.2 Å². The Morgan fingerprint density at radius 2 is 1.96 bits per heavy atom. The van der Waals surface area contributed by atoms with Gasteiger partial charge in [-0.25, -0.2) is 19.4 Å². The van der Waals surface area contributed by atoms with Crippen LogP contribution in [-0.4, -0.2) is 124 Å². The number of nitrogens with two attached hydrogens (primary N) is 1. The molecular weight excluding hydrogens is 702 g/mol. The van der Waals surface area contributed by atoms with E-state index in [1.54, 1.807) is 0 Å². The number of halogens is 1. The van der Waals surface area contributed by atoms with Gasteiger partial charge in [0, 0.05) is 5.38 Å². The third kappa shape index (κ3) is 6.06. The van der Waals surface area contributed by atoms with Crippen LogP contribution in [-0.2, 0) is 28.8 Å². The molecule has 48 heavy (non-hydrogen) atoms. The molecule has 8 N–H and O–H groups in total. The lowest BCUT2D eigenvalue weighted by Crippen LogP contribution is -2.68. The van der Waals surface area contributed by atoms with Gasteiger partial charge in [0.2, 0.25) is 16.4 Å². The van der Waals surface area contributed by atoms with E-state index in [1.165, 1.54) is 19.2 Å². The number of benzene rings is 1. The van der Waals surface area contributed by atoms with Crippen molar-refractivity contribution < 1.29 is 58.8 Å². The summed E-state index contributed by atoms with van der Waals surface area (Å²) in [6.07, 6.45) is -2.06. The fourth-order valence-corrected chi connectivity index (χ4v) is 7.18. The molecule has 22 heteroatoms. The van der Waals surface area contributed by atoms with Crippen molar-refractivity contribution >= 4 is 81.3 Å². The highest BCUT2D eigenvalue weighted by molar-refractivity contribution is 8.02. The lowest BCUT2D eigenvalue weighted by molar-refractivity contribution is -0.161. The van der Waals surface area contributed by atoms with Crippen molar-refractivity contribution in [1.29, 1.82) is 0 Å². The number of phenolic OH excluding ortho intramolecular Hbond substituents is 2. The van der Waals surface area contributed by atoms with E-state index in [1.807, 2.05) is 0 Å². The molecule has 3 aliphatic rings. The van der Waals surface area contributed by atoms with Gasteiger partial charge in [-0.05, 0) is 26.0 Å². The Morgan fingerprint density at radius 1 is 1.25 bits per heavy atom. The van der Waals surface area contributed by atoms with E-state index in [-0.39, 0.29) is 29.5 Å². The summed E-state index contributed by atoms with van der Waals surface area (Å²) in [4.78, 5) is 85.2. The number of carbonyl (C=O) groups excluding carboxylic acids is 4. The van der Waals surface area contributed by atoms with Crippen molar-refractivity contribution in [3.63, 3.8) is 0 Å². The predicted octanol–water partition coefficient (Wildman–Crippen LogP) is -0.195. The Kier molecular flexibility index (Phi) is 8.97. The summed E-state index contributed by atoms with van der Waals surface area (Å²) in [5.74, 6) is -6.54. The molecule has 1 aromatic carbocycles. The Bertz CT molecular complexity index is 1770. The molecule has 3 fully saturated rings. The van der Waals surface area contributed by atoms with Gasteiger partial charge in [-0.3, -0.25) is 19.3 Å². The molecule has 0 spiro atoms. The first-order chi connectivity index (χ1) is 22.5. The number of aromatic nitrogens is 1. The number of ether oxygens (including phenoxy) is 1. The zero-order valence-corrected chi connectivity index (χ0v) is 27.1. The summed E-state index contributed by atoms with van der Waals surface area (Å²) in [5.41, 5.74) is 3.09. The largest absolute Gasteiger partial charge is 0.504 e. The minimum absolute atomic E-state index is 0.0605. The van der Waals surface area contributed by atoms with E-state index in [9.17, 15) is 49.2 Å². The van der Waals surface area contributed by atoms with Crippen LogP contribution in [0, 0.1) is 0 Å². The number of carboxylic acids is 2. The third-order valence-electron chi connectivity index (χ3n) is 7.46. The highest BCUT2D eigenvalue weighted by atomic mass is 35.5. The van der Waals surface area contributed by atoms with Crippen molar-refractivity contribution in [2.75, 3.05) is 25.4 Å². The minimum Gasteiger partial charge on any atom is -0.504 e. The molecule has 2 aromatic rings. The quantitative estimate of drug-likeness (QED) is 0.0683. The molecule has 0 radical (unpaired) electrons. The number of carboxylic acid groups (broad SMARTS) is 2. The normalized spacial score (nSPS) is 23.6. The molecule has 19 nitrogen and oxygen atoms in total. The summed E-state index contributed by atoms with van der Waals surface area (Å²) in [7, 11) is 0. The van der Waals surface area contributed by atoms with E-state index in [0.717, 1.165) is 33.3 Å². The minimum atomic E-state index is -2.03. The van der Waals surface area contributed by atoms with E-state index >= 15 is 0 Å². The number of phenols is 2. The summed E-state index contributed by atoms with van der Waals surface area (Å²) in [5, 5.41) is 47.6.